The number of nitrogen functional groups attached to an aromatic ring is 1. The van der Waals surface area contributed by atoms with Crippen LogP contribution in [0.15, 0.2) is 35.2 Å². The zero-order chi connectivity index (χ0) is 15.8. The van der Waals surface area contributed by atoms with E-state index in [0.29, 0.717) is 0 Å². The molecule has 112 valence electrons. The highest BCUT2D eigenvalue weighted by atomic mass is 35.5. The molecule has 0 radical (unpaired) electrons. The average molecular weight is 349 g/mol. The lowest BCUT2D eigenvalue weighted by Gasteiger charge is -2.13. The second-order valence-corrected chi connectivity index (χ2v) is 6.82. The first kappa shape index (κ1) is 15.9. The molecule has 0 saturated heterocycles. The summed E-state index contributed by atoms with van der Waals surface area (Å²) in [6, 6.07) is 6.87. The monoisotopic (exact) mass is 348 g/mol. The second kappa shape index (κ2) is 5.71. The van der Waals surface area contributed by atoms with Gasteiger partial charge in [0.2, 0.25) is 0 Å². The van der Waals surface area contributed by atoms with Crippen LogP contribution in [0.3, 0.4) is 0 Å². The summed E-state index contributed by atoms with van der Waals surface area (Å²) >= 11 is 11.8. The second-order valence-electron chi connectivity index (χ2n) is 4.35. The molecule has 0 atom stereocenters. The quantitative estimate of drug-likeness (QED) is 0.828. The summed E-state index contributed by atoms with van der Waals surface area (Å²) in [5.41, 5.74) is 5.82. The summed E-state index contributed by atoms with van der Waals surface area (Å²) in [5, 5.41) is 0.208. The van der Waals surface area contributed by atoms with Crippen LogP contribution in [0.4, 0.5) is 15.8 Å². The molecule has 0 aliphatic heterocycles. The minimum atomic E-state index is -4.21. The smallest absolute Gasteiger partial charge is 0.264 e. The summed E-state index contributed by atoms with van der Waals surface area (Å²) in [6.07, 6.45) is 0. The van der Waals surface area contributed by atoms with Crippen molar-refractivity contribution in [2.24, 2.45) is 0 Å². The molecule has 0 fully saturated rings. The normalized spacial score (nSPS) is 11.4. The van der Waals surface area contributed by atoms with Crippen LogP contribution < -0.4 is 10.5 Å². The van der Waals surface area contributed by atoms with Gasteiger partial charge in [0, 0.05) is 5.69 Å². The van der Waals surface area contributed by atoms with Gasteiger partial charge in [0.1, 0.15) is 10.7 Å². The van der Waals surface area contributed by atoms with Crippen molar-refractivity contribution in [2.45, 2.75) is 11.8 Å². The van der Waals surface area contributed by atoms with Gasteiger partial charge in [-0.25, -0.2) is 12.8 Å². The van der Waals surface area contributed by atoms with Crippen molar-refractivity contribution >= 4 is 44.6 Å². The summed E-state index contributed by atoms with van der Waals surface area (Å²) in [5.74, 6) is -0.875. The third-order valence-electron chi connectivity index (χ3n) is 2.73. The van der Waals surface area contributed by atoms with E-state index in [-0.39, 0.29) is 27.0 Å². The highest BCUT2D eigenvalue weighted by Gasteiger charge is 2.23. The fraction of sp³-hybridized carbons (Fsp3) is 0.0769. The highest BCUT2D eigenvalue weighted by Crippen LogP contribution is 2.32. The third-order valence-corrected chi connectivity index (χ3v) is 4.71. The number of nitrogens with two attached hydrogens (primary N) is 1. The van der Waals surface area contributed by atoms with Crippen LogP contribution in [0, 0.1) is 12.7 Å². The summed E-state index contributed by atoms with van der Waals surface area (Å²) in [7, 11) is -4.21. The van der Waals surface area contributed by atoms with Gasteiger partial charge in [0.25, 0.3) is 10.0 Å². The van der Waals surface area contributed by atoms with Gasteiger partial charge in [-0.15, -0.1) is 0 Å². The number of halogens is 3. The fourth-order valence-electron chi connectivity index (χ4n) is 1.74. The number of benzene rings is 2. The van der Waals surface area contributed by atoms with Crippen LogP contribution in [0.25, 0.3) is 0 Å². The van der Waals surface area contributed by atoms with E-state index >= 15 is 0 Å². The number of rotatable bonds is 3. The summed E-state index contributed by atoms with van der Waals surface area (Å²) in [6.45, 7) is 1.42. The van der Waals surface area contributed by atoms with Gasteiger partial charge in [0.15, 0.2) is 0 Å². The Balaban J connectivity index is 2.54. The Morgan fingerprint density at radius 2 is 1.76 bits per heavy atom. The Morgan fingerprint density at radius 3 is 2.33 bits per heavy atom. The molecule has 3 N–H and O–H groups in total. The van der Waals surface area contributed by atoms with Crippen molar-refractivity contribution in [2.75, 3.05) is 10.5 Å². The molecule has 0 aromatic heterocycles. The Bertz CT molecular complexity index is 790. The van der Waals surface area contributed by atoms with Crippen LogP contribution in [0.2, 0.25) is 10.0 Å². The van der Waals surface area contributed by atoms with Crippen LogP contribution >= 0.6 is 23.2 Å². The maximum Gasteiger partial charge on any atom is 0.264 e. The predicted octanol–water partition coefficient (Wildman–Crippen LogP) is 3.82. The molecule has 0 amide bonds. The Hall–Kier alpha value is -1.50. The molecule has 2 rings (SSSR count). The molecule has 21 heavy (non-hydrogen) atoms. The molecule has 4 nitrogen and oxygen atoms in total. The first-order valence-corrected chi connectivity index (χ1v) is 7.99. The number of aryl methyl sites for hydroxylation is 1. The van der Waals surface area contributed by atoms with Gasteiger partial charge in [-0.1, -0.05) is 29.3 Å². The van der Waals surface area contributed by atoms with Crippen LogP contribution in [-0.4, -0.2) is 8.42 Å². The highest BCUT2D eigenvalue weighted by molar-refractivity contribution is 7.92. The van der Waals surface area contributed by atoms with Gasteiger partial charge in [0.05, 0.1) is 15.7 Å². The number of hydrogen-bond donors (Lipinski definition) is 2. The van der Waals surface area contributed by atoms with E-state index in [0.717, 1.165) is 6.07 Å². The Kier molecular flexibility index (Phi) is 4.32. The van der Waals surface area contributed by atoms with Crippen molar-refractivity contribution in [3.8, 4) is 0 Å². The molecule has 8 heteroatoms. The Labute approximate surface area is 131 Å². The molecule has 2 aromatic rings. The molecule has 0 bridgehead atoms. The van der Waals surface area contributed by atoms with E-state index in [1.54, 1.807) is 6.07 Å². The first-order valence-electron chi connectivity index (χ1n) is 5.75. The molecule has 0 spiro atoms. The zero-order valence-electron chi connectivity index (χ0n) is 10.8. The average Bonchev–Trinajstić information content (AvgIpc) is 2.38. The van der Waals surface area contributed by atoms with Crippen LogP contribution in [0.1, 0.15) is 5.56 Å². The van der Waals surface area contributed by atoms with E-state index in [1.807, 2.05) is 0 Å². The number of sulfonamides is 1. The van der Waals surface area contributed by atoms with Gasteiger partial charge in [-0.05, 0) is 36.8 Å². The SMILES string of the molecule is Cc1cc(N)cc(S(=O)(=O)Nc2c(Cl)cccc2Cl)c1F. The summed E-state index contributed by atoms with van der Waals surface area (Å²) in [4.78, 5) is -0.559. The predicted molar refractivity (Wildman–Crippen MR) is 82.8 cm³/mol. The Morgan fingerprint density at radius 1 is 1.19 bits per heavy atom. The fourth-order valence-corrected chi connectivity index (χ4v) is 3.64. The minimum Gasteiger partial charge on any atom is -0.399 e. The molecule has 0 unspecified atom stereocenters. The number of para-hydroxylation sites is 1. The van der Waals surface area contributed by atoms with Gasteiger partial charge < -0.3 is 5.73 Å². The van der Waals surface area contributed by atoms with Gasteiger partial charge >= 0.3 is 0 Å². The molecule has 2 aromatic carbocycles. The van der Waals surface area contributed by atoms with E-state index in [1.165, 1.54) is 25.1 Å². The van der Waals surface area contributed by atoms with E-state index in [9.17, 15) is 12.8 Å². The lowest BCUT2D eigenvalue weighted by molar-refractivity contribution is 0.565. The number of anilines is 2. The molecule has 0 saturated carbocycles. The lowest BCUT2D eigenvalue weighted by atomic mass is 10.2. The van der Waals surface area contributed by atoms with Gasteiger partial charge in [-0.2, -0.15) is 0 Å². The minimum absolute atomic E-state index is 0.0136. The van der Waals surface area contributed by atoms with Crippen LogP contribution in [0.5, 0.6) is 0 Å². The molecule has 0 aliphatic rings. The number of hydrogen-bond acceptors (Lipinski definition) is 3. The van der Waals surface area contributed by atoms with E-state index in [2.05, 4.69) is 4.72 Å². The van der Waals surface area contributed by atoms with Crippen LogP contribution in [-0.2, 0) is 10.0 Å². The summed E-state index contributed by atoms with van der Waals surface area (Å²) < 4.78 is 40.8. The maximum absolute atomic E-state index is 14.0. The first-order chi connectivity index (χ1) is 9.72. The molecular formula is C13H11Cl2FN2O2S. The molecule has 0 aliphatic carbocycles. The topological polar surface area (TPSA) is 72.2 Å². The van der Waals surface area contributed by atoms with Crippen molar-refractivity contribution in [1.82, 2.24) is 0 Å². The largest absolute Gasteiger partial charge is 0.399 e. The van der Waals surface area contributed by atoms with Crippen molar-refractivity contribution < 1.29 is 12.8 Å². The van der Waals surface area contributed by atoms with Crippen molar-refractivity contribution in [3.05, 3.63) is 51.8 Å². The standard InChI is InChI=1S/C13H11Cl2FN2O2S/c1-7-5-8(17)6-11(12(7)16)21(19,20)18-13-9(14)3-2-4-10(13)15/h2-6,18H,17H2,1H3. The lowest BCUT2D eigenvalue weighted by Crippen LogP contribution is -2.16. The van der Waals surface area contributed by atoms with Crippen molar-refractivity contribution in [1.29, 1.82) is 0 Å². The van der Waals surface area contributed by atoms with Gasteiger partial charge in [-0.3, -0.25) is 4.72 Å². The number of nitrogens with one attached hydrogen (secondary N) is 1. The molecular weight excluding hydrogens is 338 g/mol. The third kappa shape index (κ3) is 3.23. The maximum atomic E-state index is 14.0. The van der Waals surface area contributed by atoms with E-state index in [4.69, 9.17) is 28.9 Å². The van der Waals surface area contributed by atoms with Crippen molar-refractivity contribution in [3.63, 3.8) is 0 Å². The van der Waals surface area contributed by atoms with E-state index < -0.39 is 20.7 Å². The zero-order valence-corrected chi connectivity index (χ0v) is 13.2. The molecule has 0 heterocycles.